The standard InChI is InChI=1S/C55H77N13O14S/c1-29(2)24-42(63-49(73)40(19-15-23-59-55(57)58)62-53(77)46(30(3)4)64-54(78)47(34(8)69)65-48(72)33(7)60-35(9)70)50(74)61-41(21-22-45(56)71)51(75)66-67-52(76)44(83(81,82)38-17-11-10-12-18-38)28-39-32(6)25-31(5)26-37(39)27-36-16-13-14-20-43(36)68(79)80/h10-14,16-18,20,25-26,28-30,33-34,40-42,46-47,69H,15,19,21-24,27H2,1-9H3,(H2,56,71)(H,60,70)(H,61,74)(H,62,77)(H,63,73)(H,64,78)(H,65,72)(H,66,75)(H,67,76)(H4,57,58,59)/b44-28+/t33-,34+,40-,41-,42-,46-,47-/m0/s1. The number of aliphatic hydroxyl groups excluding tert-OH is 1. The average Bonchev–Trinajstić information content (AvgIpc) is 3.54. The second-order valence-electron chi connectivity index (χ2n) is 20.6. The zero-order valence-corrected chi connectivity index (χ0v) is 48.7. The van der Waals surface area contributed by atoms with Gasteiger partial charge < -0.3 is 54.2 Å². The van der Waals surface area contributed by atoms with E-state index >= 15 is 0 Å². The van der Waals surface area contributed by atoms with Crippen LogP contribution in [0.1, 0.15) is 108 Å². The molecule has 28 heteroatoms. The van der Waals surface area contributed by atoms with Gasteiger partial charge in [-0.2, -0.15) is 0 Å². The minimum atomic E-state index is -4.71. The van der Waals surface area contributed by atoms with Crippen LogP contribution < -0.4 is 60.0 Å². The number of carbonyl (C=O) groups is 9. The first-order valence-corrected chi connectivity index (χ1v) is 28.1. The third-order valence-electron chi connectivity index (χ3n) is 12.7. The molecule has 0 aliphatic rings. The van der Waals surface area contributed by atoms with Crippen LogP contribution in [-0.4, -0.2) is 126 Å². The number of hydrogen-bond acceptors (Lipinski definition) is 15. The van der Waals surface area contributed by atoms with E-state index in [9.17, 15) is 66.8 Å². The molecular weight excluding hydrogens is 1100 g/mol. The van der Waals surface area contributed by atoms with E-state index in [-0.39, 0.29) is 60.3 Å². The molecule has 0 bridgehead atoms. The summed E-state index contributed by atoms with van der Waals surface area (Å²) >= 11 is 0. The lowest BCUT2D eigenvalue weighted by atomic mass is 9.93. The summed E-state index contributed by atoms with van der Waals surface area (Å²) in [6, 6.07) is 7.65. The van der Waals surface area contributed by atoms with Crippen LogP contribution in [0.25, 0.3) is 6.08 Å². The van der Waals surface area contributed by atoms with Crippen LogP contribution in [0, 0.1) is 35.8 Å². The summed E-state index contributed by atoms with van der Waals surface area (Å²) in [7, 11) is -4.71. The Hall–Kier alpha value is -8.79. The van der Waals surface area contributed by atoms with Gasteiger partial charge in [-0.3, -0.25) is 69.1 Å². The number of benzene rings is 3. The molecule has 0 saturated heterocycles. The number of nitro benzene ring substituents is 1. The molecule has 0 aliphatic carbocycles. The van der Waals surface area contributed by atoms with E-state index < -0.39 is 134 Å². The molecule has 83 heavy (non-hydrogen) atoms. The number of hydrazine groups is 1. The zero-order valence-electron chi connectivity index (χ0n) is 47.9. The number of nitro groups is 1. The molecule has 452 valence electrons. The first-order chi connectivity index (χ1) is 38.8. The number of guanidine groups is 1. The van der Waals surface area contributed by atoms with Crippen molar-refractivity contribution in [2.75, 3.05) is 6.54 Å². The topological polar surface area (TPSA) is 438 Å². The number of carbonyl (C=O) groups excluding carboxylic acids is 9. The van der Waals surface area contributed by atoms with Gasteiger partial charge in [0.05, 0.1) is 15.9 Å². The van der Waals surface area contributed by atoms with Crippen molar-refractivity contribution >= 4 is 80.7 Å². The van der Waals surface area contributed by atoms with E-state index in [4.69, 9.17) is 17.2 Å². The molecule has 0 fully saturated rings. The van der Waals surface area contributed by atoms with Crippen molar-refractivity contribution in [3.05, 3.63) is 110 Å². The van der Waals surface area contributed by atoms with E-state index in [0.29, 0.717) is 16.7 Å². The molecule has 27 nitrogen and oxygen atoms in total. The van der Waals surface area contributed by atoms with Crippen molar-refractivity contribution in [1.29, 1.82) is 0 Å². The van der Waals surface area contributed by atoms with Gasteiger partial charge in [0, 0.05) is 37.9 Å². The molecule has 0 spiro atoms. The predicted molar refractivity (Wildman–Crippen MR) is 307 cm³/mol. The van der Waals surface area contributed by atoms with E-state index in [1.54, 1.807) is 71.9 Å². The largest absolute Gasteiger partial charge is 0.391 e. The number of rotatable bonds is 30. The van der Waals surface area contributed by atoms with Crippen molar-refractivity contribution in [2.45, 2.75) is 148 Å². The molecule has 3 aromatic carbocycles. The van der Waals surface area contributed by atoms with Crippen LogP contribution in [0.3, 0.4) is 0 Å². The third-order valence-corrected chi connectivity index (χ3v) is 14.5. The SMILES string of the molecule is CC(=O)N[C@@H](C)C(=O)N[C@H](C(=O)N[C@H](C(=O)N[C@@H](CCCN=C(N)N)C(=O)N[C@@H](CC(C)C)C(=O)N[C@@H](CCC(N)=O)C(=O)NNC(=O)/C(=C\c1c(C)cc(C)cc1Cc1ccccc1[N+](=O)[O-])S(=O)(=O)c1ccccc1)C(C)C)[C@@H](C)O. The molecule has 0 heterocycles. The van der Waals surface area contributed by atoms with Gasteiger partial charge in [-0.1, -0.05) is 81.8 Å². The molecular formula is C55H77N13O14S. The minimum Gasteiger partial charge on any atom is -0.391 e. The zero-order chi connectivity index (χ0) is 62.5. The Morgan fingerprint density at radius 2 is 1.25 bits per heavy atom. The smallest absolute Gasteiger partial charge is 0.281 e. The second-order valence-corrected chi connectivity index (χ2v) is 22.5. The van der Waals surface area contributed by atoms with Gasteiger partial charge in [0.25, 0.3) is 17.5 Å². The Bertz CT molecular complexity index is 3040. The summed E-state index contributed by atoms with van der Waals surface area (Å²) in [6.45, 7) is 13.8. The number of para-hydroxylation sites is 1. The highest BCUT2D eigenvalue weighted by Crippen LogP contribution is 2.30. The number of sulfone groups is 1. The number of nitrogens with one attached hydrogen (secondary N) is 8. The highest BCUT2D eigenvalue weighted by atomic mass is 32.2. The van der Waals surface area contributed by atoms with Crippen LogP contribution >= 0.6 is 0 Å². The van der Waals surface area contributed by atoms with Crippen molar-refractivity contribution in [3.63, 3.8) is 0 Å². The van der Waals surface area contributed by atoms with Gasteiger partial charge in [0.2, 0.25) is 51.2 Å². The normalized spacial score (nSPS) is 14.0. The van der Waals surface area contributed by atoms with Gasteiger partial charge >= 0.3 is 0 Å². The maximum absolute atomic E-state index is 14.4. The summed E-state index contributed by atoms with van der Waals surface area (Å²) in [6.07, 6.45) is -1.52. The van der Waals surface area contributed by atoms with Gasteiger partial charge in [-0.05, 0) is 100 Å². The van der Waals surface area contributed by atoms with Crippen LogP contribution in [0.2, 0.25) is 0 Å². The van der Waals surface area contributed by atoms with Crippen molar-refractivity contribution in [3.8, 4) is 0 Å². The number of nitrogens with two attached hydrogens (primary N) is 3. The fraction of sp³-hybridized carbons (Fsp3) is 0.455. The van der Waals surface area contributed by atoms with Crippen molar-refractivity contribution in [2.24, 2.45) is 34.0 Å². The summed E-state index contributed by atoms with van der Waals surface area (Å²) in [4.78, 5) is 135. The Morgan fingerprint density at radius 3 is 1.83 bits per heavy atom. The highest BCUT2D eigenvalue weighted by Gasteiger charge is 2.36. The number of hydrogen-bond donors (Lipinski definition) is 12. The van der Waals surface area contributed by atoms with E-state index in [1.165, 1.54) is 57.2 Å². The number of nitrogens with zero attached hydrogens (tertiary/aromatic N) is 2. The molecule has 3 rings (SSSR count). The Balaban J connectivity index is 1.99. The molecule has 7 atom stereocenters. The fourth-order valence-electron chi connectivity index (χ4n) is 8.52. The molecule has 0 radical (unpaired) electrons. The van der Waals surface area contributed by atoms with Gasteiger partial charge in [-0.25, -0.2) is 8.42 Å². The van der Waals surface area contributed by atoms with Crippen molar-refractivity contribution in [1.82, 2.24) is 42.8 Å². The number of aliphatic imine (C=N–C) groups is 1. The van der Waals surface area contributed by atoms with E-state index in [2.05, 4.69) is 47.7 Å². The predicted octanol–water partition coefficient (Wildman–Crippen LogP) is 0.115. The lowest BCUT2D eigenvalue weighted by Crippen LogP contribution is -2.62. The van der Waals surface area contributed by atoms with Crippen LogP contribution in [-0.2, 0) is 59.4 Å². The monoisotopic (exact) mass is 1180 g/mol. The number of amides is 9. The van der Waals surface area contributed by atoms with Crippen LogP contribution in [0.15, 0.2) is 81.5 Å². The number of aryl methyl sites for hydroxylation is 2. The van der Waals surface area contributed by atoms with Crippen LogP contribution in [0.5, 0.6) is 0 Å². The Labute approximate surface area is 481 Å². The Kier molecular flexibility index (Phi) is 26.4. The third kappa shape index (κ3) is 21.6. The average molecular weight is 1180 g/mol. The molecule has 0 saturated carbocycles. The van der Waals surface area contributed by atoms with Gasteiger partial charge in [0.15, 0.2) is 5.96 Å². The molecule has 9 amide bonds. The Morgan fingerprint density at radius 1 is 0.687 bits per heavy atom. The first kappa shape index (κ1) is 68.5. The first-order valence-electron chi connectivity index (χ1n) is 26.6. The molecule has 0 aliphatic heterocycles. The minimum absolute atomic E-state index is 0.00871. The van der Waals surface area contributed by atoms with E-state index in [0.717, 1.165) is 11.6 Å². The van der Waals surface area contributed by atoms with E-state index in [1.807, 2.05) is 0 Å². The van der Waals surface area contributed by atoms with Crippen LogP contribution in [0.4, 0.5) is 5.69 Å². The number of primary amides is 1. The molecule has 15 N–H and O–H groups in total. The molecule has 3 aromatic rings. The molecule has 0 aromatic heterocycles. The quantitative estimate of drug-likeness (QED) is 0.0105. The lowest BCUT2D eigenvalue weighted by Gasteiger charge is -2.29. The van der Waals surface area contributed by atoms with Crippen molar-refractivity contribution < 1.29 is 61.6 Å². The summed E-state index contributed by atoms with van der Waals surface area (Å²) in [5, 5.41) is 37.3. The summed E-state index contributed by atoms with van der Waals surface area (Å²) in [5.41, 5.74) is 22.7. The maximum atomic E-state index is 14.4. The second kappa shape index (κ2) is 32.0. The summed E-state index contributed by atoms with van der Waals surface area (Å²) < 4.78 is 28.8. The highest BCUT2D eigenvalue weighted by molar-refractivity contribution is 7.96. The maximum Gasteiger partial charge on any atom is 0.281 e. The van der Waals surface area contributed by atoms with Gasteiger partial charge in [-0.15, -0.1) is 0 Å². The number of aliphatic hydroxyl groups is 1. The van der Waals surface area contributed by atoms with Gasteiger partial charge in [0.1, 0.15) is 41.2 Å². The molecule has 0 unspecified atom stereocenters. The fourth-order valence-corrected chi connectivity index (χ4v) is 9.86. The summed E-state index contributed by atoms with van der Waals surface area (Å²) in [5.74, 6) is -9.76. The lowest BCUT2D eigenvalue weighted by molar-refractivity contribution is -0.385.